The van der Waals surface area contributed by atoms with E-state index in [1.165, 1.54) is 18.2 Å². The van der Waals surface area contributed by atoms with Gasteiger partial charge in [-0.15, -0.1) is 0 Å². The number of nitrogens with one attached hydrogen (secondary N) is 1. The first-order valence-corrected chi connectivity index (χ1v) is 6.30. The summed E-state index contributed by atoms with van der Waals surface area (Å²) >= 11 is 0. The Hall–Kier alpha value is -2.95. The van der Waals surface area contributed by atoms with E-state index < -0.39 is 5.82 Å². The van der Waals surface area contributed by atoms with Crippen molar-refractivity contribution in [2.24, 2.45) is 5.73 Å². The van der Waals surface area contributed by atoms with Gasteiger partial charge in [0.05, 0.1) is 11.7 Å². The highest BCUT2D eigenvalue weighted by atomic mass is 19.1. The zero-order valence-corrected chi connectivity index (χ0v) is 11.0. The van der Waals surface area contributed by atoms with Crippen LogP contribution < -0.4 is 10.5 Å². The minimum atomic E-state index is -0.573. The SMILES string of the molecule is N=C(N)c1ccc(Oc2cnc3ccccc3c2)c(F)c1. The van der Waals surface area contributed by atoms with E-state index >= 15 is 0 Å². The van der Waals surface area contributed by atoms with Crippen LogP contribution in [0.1, 0.15) is 5.56 Å². The number of aromatic nitrogens is 1. The Kier molecular flexibility index (Phi) is 3.23. The minimum absolute atomic E-state index is 0.0667. The number of nitrogen functional groups attached to an aromatic ring is 1. The van der Waals surface area contributed by atoms with Crippen LogP contribution in [0.25, 0.3) is 10.9 Å². The molecule has 0 spiro atoms. The summed E-state index contributed by atoms with van der Waals surface area (Å²) in [6, 6.07) is 13.5. The summed E-state index contributed by atoms with van der Waals surface area (Å²) in [5.41, 5.74) is 6.47. The number of rotatable bonds is 3. The van der Waals surface area contributed by atoms with Crippen molar-refractivity contribution in [3.8, 4) is 11.5 Å². The molecule has 3 N–H and O–H groups in total. The molecule has 0 aliphatic carbocycles. The predicted molar refractivity (Wildman–Crippen MR) is 79.2 cm³/mol. The molecule has 104 valence electrons. The summed E-state index contributed by atoms with van der Waals surface area (Å²) in [6.45, 7) is 0. The lowest BCUT2D eigenvalue weighted by molar-refractivity contribution is 0.441. The summed E-state index contributed by atoms with van der Waals surface area (Å²) < 4.78 is 19.4. The van der Waals surface area contributed by atoms with E-state index in [4.69, 9.17) is 15.9 Å². The third-order valence-corrected chi connectivity index (χ3v) is 3.04. The van der Waals surface area contributed by atoms with Crippen LogP contribution in [0.3, 0.4) is 0 Å². The van der Waals surface area contributed by atoms with Crippen LogP contribution in [0.4, 0.5) is 4.39 Å². The Morgan fingerprint density at radius 3 is 2.71 bits per heavy atom. The molecule has 4 nitrogen and oxygen atoms in total. The lowest BCUT2D eigenvalue weighted by Gasteiger charge is -2.08. The van der Waals surface area contributed by atoms with Crippen LogP contribution >= 0.6 is 0 Å². The van der Waals surface area contributed by atoms with Gasteiger partial charge in [-0.05, 0) is 30.3 Å². The van der Waals surface area contributed by atoms with Crippen LogP contribution in [0.15, 0.2) is 54.7 Å². The van der Waals surface area contributed by atoms with Crippen molar-refractivity contribution in [2.75, 3.05) is 0 Å². The van der Waals surface area contributed by atoms with E-state index in [0.717, 1.165) is 10.9 Å². The summed E-state index contributed by atoms with van der Waals surface area (Å²) in [4.78, 5) is 4.25. The number of para-hydroxylation sites is 1. The van der Waals surface area contributed by atoms with E-state index in [2.05, 4.69) is 4.98 Å². The van der Waals surface area contributed by atoms with Gasteiger partial charge in [0, 0.05) is 10.9 Å². The second-order valence-corrected chi connectivity index (χ2v) is 4.52. The minimum Gasteiger partial charge on any atom is -0.453 e. The van der Waals surface area contributed by atoms with Gasteiger partial charge in [0.25, 0.3) is 0 Å². The average Bonchev–Trinajstić information content (AvgIpc) is 2.49. The summed E-state index contributed by atoms with van der Waals surface area (Å²) in [5, 5.41) is 8.19. The molecule has 0 aliphatic heterocycles. The van der Waals surface area contributed by atoms with Gasteiger partial charge >= 0.3 is 0 Å². The van der Waals surface area contributed by atoms with Gasteiger partial charge in [0.1, 0.15) is 11.6 Å². The number of hydrogen-bond donors (Lipinski definition) is 2. The van der Waals surface area contributed by atoms with Gasteiger partial charge in [-0.2, -0.15) is 0 Å². The quantitative estimate of drug-likeness (QED) is 0.570. The van der Waals surface area contributed by atoms with Crippen LogP contribution in [0.2, 0.25) is 0 Å². The average molecular weight is 281 g/mol. The van der Waals surface area contributed by atoms with Crippen molar-refractivity contribution < 1.29 is 9.13 Å². The zero-order valence-electron chi connectivity index (χ0n) is 11.0. The highest BCUT2D eigenvalue weighted by Gasteiger charge is 2.08. The Bertz CT molecular complexity index is 833. The smallest absolute Gasteiger partial charge is 0.166 e. The molecule has 0 bridgehead atoms. The number of halogens is 1. The van der Waals surface area contributed by atoms with Gasteiger partial charge in [0.2, 0.25) is 0 Å². The molecule has 0 saturated heterocycles. The Labute approximate surface area is 120 Å². The van der Waals surface area contributed by atoms with Crippen molar-refractivity contribution in [2.45, 2.75) is 0 Å². The van der Waals surface area contributed by atoms with E-state index in [-0.39, 0.29) is 11.6 Å². The molecule has 1 heterocycles. The molecule has 0 radical (unpaired) electrons. The number of hydrogen-bond acceptors (Lipinski definition) is 3. The number of benzene rings is 2. The number of amidine groups is 1. The fourth-order valence-corrected chi connectivity index (χ4v) is 1.98. The first kappa shape index (κ1) is 13.1. The lowest BCUT2D eigenvalue weighted by Crippen LogP contribution is -2.11. The standard InChI is InChI=1S/C16H12FN3O/c17-13-8-11(16(18)19)5-6-15(13)21-12-7-10-3-1-2-4-14(10)20-9-12/h1-9H,(H3,18,19). The van der Waals surface area contributed by atoms with E-state index in [0.29, 0.717) is 11.3 Å². The summed E-state index contributed by atoms with van der Waals surface area (Å²) in [6.07, 6.45) is 1.54. The maximum atomic E-state index is 13.9. The molecule has 21 heavy (non-hydrogen) atoms. The molecule has 0 aliphatic rings. The van der Waals surface area contributed by atoms with Crippen LogP contribution in [-0.2, 0) is 0 Å². The number of fused-ring (bicyclic) bond motifs is 1. The molecule has 0 saturated carbocycles. The molecule has 3 rings (SSSR count). The number of nitrogens with two attached hydrogens (primary N) is 1. The number of nitrogens with zero attached hydrogens (tertiary/aromatic N) is 1. The van der Waals surface area contributed by atoms with E-state index in [1.807, 2.05) is 24.3 Å². The second kappa shape index (κ2) is 5.20. The highest BCUT2D eigenvalue weighted by molar-refractivity contribution is 5.95. The van der Waals surface area contributed by atoms with Gasteiger partial charge in [-0.3, -0.25) is 10.4 Å². The third kappa shape index (κ3) is 2.67. The molecule has 5 heteroatoms. The molecule has 0 amide bonds. The van der Waals surface area contributed by atoms with Crippen molar-refractivity contribution in [3.05, 3.63) is 66.1 Å². The Morgan fingerprint density at radius 2 is 1.95 bits per heavy atom. The van der Waals surface area contributed by atoms with E-state index in [9.17, 15) is 4.39 Å². The maximum absolute atomic E-state index is 13.9. The Balaban J connectivity index is 1.93. The number of pyridine rings is 1. The lowest BCUT2D eigenvalue weighted by atomic mass is 10.2. The largest absolute Gasteiger partial charge is 0.453 e. The summed E-state index contributed by atoms with van der Waals surface area (Å²) in [5.74, 6) is -0.246. The van der Waals surface area contributed by atoms with Gasteiger partial charge in [-0.1, -0.05) is 18.2 Å². The maximum Gasteiger partial charge on any atom is 0.166 e. The van der Waals surface area contributed by atoms with E-state index in [1.54, 1.807) is 12.3 Å². The van der Waals surface area contributed by atoms with Crippen molar-refractivity contribution in [1.82, 2.24) is 4.98 Å². The molecular weight excluding hydrogens is 269 g/mol. The molecule has 3 aromatic rings. The first-order chi connectivity index (χ1) is 10.1. The normalized spacial score (nSPS) is 10.5. The van der Waals surface area contributed by atoms with Crippen molar-refractivity contribution in [3.63, 3.8) is 0 Å². The zero-order chi connectivity index (χ0) is 14.8. The number of ether oxygens (including phenoxy) is 1. The Morgan fingerprint density at radius 1 is 1.14 bits per heavy atom. The van der Waals surface area contributed by atoms with Crippen LogP contribution in [0.5, 0.6) is 11.5 Å². The monoisotopic (exact) mass is 281 g/mol. The predicted octanol–water partition coefficient (Wildman–Crippen LogP) is 3.45. The topological polar surface area (TPSA) is 72.0 Å². The molecular formula is C16H12FN3O. The highest BCUT2D eigenvalue weighted by Crippen LogP contribution is 2.26. The van der Waals surface area contributed by atoms with Gasteiger partial charge in [-0.25, -0.2) is 4.39 Å². The van der Waals surface area contributed by atoms with Crippen LogP contribution in [-0.4, -0.2) is 10.8 Å². The third-order valence-electron chi connectivity index (χ3n) is 3.04. The fourth-order valence-electron chi connectivity index (χ4n) is 1.98. The second-order valence-electron chi connectivity index (χ2n) is 4.52. The molecule has 0 unspecified atom stereocenters. The molecule has 0 atom stereocenters. The summed E-state index contributed by atoms with van der Waals surface area (Å²) in [7, 11) is 0. The van der Waals surface area contributed by atoms with Crippen molar-refractivity contribution in [1.29, 1.82) is 5.41 Å². The van der Waals surface area contributed by atoms with Crippen molar-refractivity contribution >= 4 is 16.7 Å². The molecule has 2 aromatic carbocycles. The van der Waals surface area contributed by atoms with Gasteiger partial charge < -0.3 is 10.5 Å². The molecule has 1 aromatic heterocycles. The molecule has 0 fully saturated rings. The first-order valence-electron chi connectivity index (χ1n) is 6.30. The van der Waals surface area contributed by atoms with Gasteiger partial charge in [0.15, 0.2) is 11.6 Å². The van der Waals surface area contributed by atoms with Crippen LogP contribution in [0, 0.1) is 11.2 Å². The fraction of sp³-hybridized carbons (Fsp3) is 0.